The Kier molecular flexibility index (Phi) is 8.49. The fraction of sp³-hybridized carbons (Fsp3) is 0.818. The highest BCUT2D eigenvalue weighted by molar-refractivity contribution is 5.86. The van der Waals surface area contributed by atoms with E-state index in [1.165, 1.54) is 0 Å². The number of urea groups is 1. The lowest BCUT2D eigenvalue weighted by Gasteiger charge is -2.26. The Labute approximate surface area is 114 Å². The summed E-state index contributed by atoms with van der Waals surface area (Å²) in [5.41, 5.74) is 5.05. The van der Waals surface area contributed by atoms with Crippen LogP contribution in [0.25, 0.3) is 0 Å². The van der Waals surface area contributed by atoms with E-state index in [0.29, 0.717) is 6.42 Å². The number of nitrogens with one attached hydrogen (secondary N) is 3. The van der Waals surface area contributed by atoms with Gasteiger partial charge >= 0.3 is 6.03 Å². The van der Waals surface area contributed by atoms with Crippen molar-refractivity contribution >= 4 is 24.3 Å². The molecule has 5 N–H and O–H groups in total. The summed E-state index contributed by atoms with van der Waals surface area (Å²) in [5, 5.41) is 8.64. The zero-order valence-corrected chi connectivity index (χ0v) is 11.5. The number of primary amides is 1. The Balaban J connectivity index is 0.00000289. The van der Waals surface area contributed by atoms with E-state index in [0.717, 1.165) is 32.4 Å². The molecule has 1 saturated heterocycles. The van der Waals surface area contributed by atoms with Crippen LogP contribution in [-0.2, 0) is 4.79 Å². The Morgan fingerprint density at radius 2 is 2.22 bits per heavy atom. The molecule has 0 aliphatic carbocycles. The smallest absolute Gasteiger partial charge is 0.312 e. The third kappa shape index (κ3) is 6.07. The predicted octanol–water partition coefficient (Wildman–Crippen LogP) is 0.113. The Hall–Kier alpha value is -1.01. The first-order valence-corrected chi connectivity index (χ1v) is 6.20. The van der Waals surface area contributed by atoms with E-state index in [2.05, 4.69) is 16.0 Å². The molecule has 1 fully saturated rings. The third-order valence-electron chi connectivity index (χ3n) is 2.85. The van der Waals surface area contributed by atoms with E-state index in [-0.39, 0.29) is 24.4 Å². The van der Waals surface area contributed by atoms with E-state index < -0.39 is 12.1 Å². The molecule has 0 saturated carbocycles. The van der Waals surface area contributed by atoms with Crippen LogP contribution >= 0.6 is 12.4 Å². The lowest BCUT2D eigenvalue weighted by Crippen LogP contribution is -2.53. The zero-order chi connectivity index (χ0) is 12.7. The first kappa shape index (κ1) is 17.0. The molecule has 3 amide bonds. The molecule has 0 bridgehead atoms. The van der Waals surface area contributed by atoms with Gasteiger partial charge in [-0.05, 0) is 25.8 Å². The molecule has 0 radical (unpaired) electrons. The van der Waals surface area contributed by atoms with Crippen LogP contribution in [0.3, 0.4) is 0 Å². The van der Waals surface area contributed by atoms with Gasteiger partial charge in [0.15, 0.2) is 0 Å². The summed E-state index contributed by atoms with van der Waals surface area (Å²) >= 11 is 0. The van der Waals surface area contributed by atoms with Crippen molar-refractivity contribution in [3.8, 4) is 0 Å². The lowest BCUT2D eigenvalue weighted by atomic mass is 10.1. The molecule has 0 aromatic carbocycles. The zero-order valence-electron chi connectivity index (χ0n) is 10.7. The number of nitrogens with two attached hydrogens (primary N) is 1. The molecule has 1 aliphatic rings. The van der Waals surface area contributed by atoms with Crippen LogP contribution in [0, 0.1) is 0 Å². The molecule has 2 atom stereocenters. The SMILES string of the molecule is CCC[C@@H](NC(N)=O)C(=O)NC1CCCNC1.Cl. The molecular formula is C11H23ClN4O2. The molecule has 1 heterocycles. The normalized spacial score (nSPS) is 20.4. The molecule has 18 heavy (non-hydrogen) atoms. The number of hydrogen-bond donors (Lipinski definition) is 4. The first-order valence-electron chi connectivity index (χ1n) is 6.20. The highest BCUT2D eigenvalue weighted by Crippen LogP contribution is 2.03. The van der Waals surface area contributed by atoms with Gasteiger partial charge in [0, 0.05) is 12.6 Å². The minimum absolute atomic E-state index is 0. The van der Waals surface area contributed by atoms with Crippen LogP contribution in [0.5, 0.6) is 0 Å². The summed E-state index contributed by atoms with van der Waals surface area (Å²) < 4.78 is 0. The van der Waals surface area contributed by atoms with E-state index in [9.17, 15) is 9.59 Å². The van der Waals surface area contributed by atoms with Crippen LogP contribution in [-0.4, -0.2) is 37.1 Å². The molecule has 1 rings (SSSR count). The van der Waals surface area contributed by atoms with Crippen molar-refractivity contribution in [1.29, 1.82) is 0 Å². The fourth-order valence-corrected chi connectivity index (χ4v) is 2.01. The van der Waals surface area contributed by atoms with Crippen molar-refractivity contribution in [2.45, 2.75) is 44.7 Å². The number of carbonyl (C=O) groups excluding carboxylic acids is 2. The summed E-state index contributed by atoms with van der Waals surface area (Å²) in [6.07, 6.45) is 3.47. The number of hydrogen-bond acceptors (Lipinski definition) is 3. The maximum atomic E-state index is 11.9. The minimum atomic E-state index is -0.652. The number of rotatable bonds is 5. The van der Waals surface area contributed by atoms with Crippen LogP contribution in [0.2, 0.25) is 0 Å². The van der Waals surface area contributed by atoms with Gasteiger partial charge in [0.2, 0.25) is 5.91 Å². The maximum absolute atomic E-state index is 11.9. The molecular weight excluding hydrogens is 256 g/mol. The summed E-state index contributed by atoms with van der Waals surface area (Å²) in [6.45, 7) is 3.76. The second-order valence-electron chi connectivity index (χ2n) is 4.40. The van der Waals surface area contributed by atoms with Crippen molar-refractivity contribution in [3.63, 3.8) is 0 Å². The van der Waals surface area contributed by atoms with Gasteiger partial charge in [0.25, 0.3) is 0 Å². The van der Waals surface area contributed by atoms with Gasteiger partial charge in [0.05, 0.1) is 0 Å². The van der Waals surface area contributed by atoms with Gasteiger partial charge in [-0.1, -0.05) is 13.3 Å². The molecule has 1 aliphatic heterocycles. The highest BCUT2D eigenvalue weighted by Gasteiger charge is 2.22. The molecule has 0 aromatic rings. The van der Waals surface area contributed by atoms with Crippen molar-refractivity contribution < 1.29 is 9.59 Å². The van der Waals surface area contributed by atoms with Gasteiger partial charge in [0.1, 0.15) is 6.04 Å². The van der Waals surface area contributed by atoms with Crippen molar-refractivity contribution in [2.24, 2.45) is 5.73 Å². The number of carbonyl (C=O) groups is 2. The molecule has 7 heteroatoms. The minimum Gasteiger partial charge on any atom is -0.352 e. The van der Waals surface area contributed by atoms with Gasteiger partial charge in [-0.25, -0.2) is 4.79 Å². The van der Waals surface area contributed by atoms with Crippen LogP contribution in [0.1, 0.15) is 32.6 Å². The first-order chi connectivity index (χ1) is 8.13. The number of halogens is 1. The Bertz CT molecular complexity index is 270. The standard InChI is InChI=1S/C11H22N4O2.ClH/c1-2-4-9(15-11(12)17)10(16)14-8-5-3-6-13-7-8;/h8-9,13H,2-7H2,1H3,(H,14,16)(H3,12,15,17);1H/t8?,9-;/m1./s1. The summed E-state index contributed by atoms with van der Waals surface area (Å²) in [4.78, 5) is 22.7. The van der Waals surface area contributed by atoms with Crippen LogP contribution in [0.15, 0.2) is 0 Å². The lowest BCUT2D eigenvalue weighted by molar-refractivity contribution is -0.123. The fourth-order valence-electron chi connectivity index (χ4n) is 2.01. The molecule has 0 aromatic heterocycles. The second-order valence-corrected chi connectivity index (χ2v) is 4.40. The molecule has 106 valence electrons. The van der Waals surface area contributed by atoms with Crippen molar-refractivity contribution in [2.75, 3.05) is 13.1 Å². The number of amides is 3. The second kappa shape index (κ2) is 8.99. The van der Waals surface area contributed by atoms with Gasteiger partial charge in [-0.15, -0.1) is 12.4 Å². The van der Waals surface area contributed by atoms with E-state index in [1.807, 2.05) is 6.92 Å². The van der Waals surface area contributed by atoms with E-state index in [1.54, 1.807) is 0 Å². The van der Waals surface area contributed by atoms with Crippen molar-refractivity contribution in [3.05, 3.63) is 0 Å². The summed E-state index contributed by atoms with van der Waals surface area (Å²) in [7, 11) is 0. The van der Waals surface area contributed by atoms with E-state index in [4.69, 9.17) is 5.73 Å². The quantitative estimate of drug-likeness (QED) is 0.575. The summed E-state index contributed by atoms with van der Waals surface area (Å²) in [6, 6.07) is -1.01. The largest absolute Gasteiger partial charge is 0.352 e. The number of piperidine rings is 1. The van der Waals surface area contributed by atoms with Crippen LogP contribution in [0.4, 0.5) is 4.79 Å². The highest BCUT2D eigenvalue weighted by atomic mass is 35.5. The van der Waals surface area contributed by atoms with E-state index >= 15 is 0 Å². The summed E-state index contributed by atoms with van der Waals surface area (Å²) in [5.74, 6) is -0.139. The molecule has 1 unspecified atom stereocenters. The van der Waals surface area contributed by atoms with Crippen LogP contribution < -0.4 is 21.7 Å². The third-order valence-corrected chi connectivity index (χ3v) is 2.85. The van der Waals surface area contributed by atoms with Gasteiger partial charge in [-0.2, -0.15) is 0 Å². The molecule has 6 nitrogen and oxygen atoms in total. The average molecular weight is 279 g/mol. The van der Waals surface area contributed by atoms with Gasteiger partial charge in [-0.3, -0.25) is 4.79 Å². The Morgan fingerprint density at radius 3 is 2.72 bits per heavy atom. The monoisotopic (exact) mass is 278 g/mol. The topological polar surface area (TPSA) is 96.2 Å². The van der Waals surface area contributed by atoms with Gasteiger partial charge < -0.3 is 21.7 Å². The molecule has 0 spiro atoms. The average Bonchev–Trinajstić information content (AvgIpc) is 2.29. The Morgan fingerprint density at radius 1 is 1.50 bits per heavy atom. The predicted molar refractivity (Wildman–Crippen MR) is 72.7 cm³/mol. The maximum Gasteiger partial charge on any atom is 0.312 e. The van der Waals surface area contributed by atoms with Crippen molar-refractivity contribution in [1.82, 2.24) is 16.0 Å².